The lowest BCUT2D eigenvalue weighted by atomic mass is 9.92. The molecule has 5 heteroatoms. The SMILES string of the molecule is CCNC(C#N)CN1CC(C(N)=O)CCC1C. The molecule has 0 bridgehead atoms. The summed E-state index contributed by atoms with van der Waals surface area (Å²) in [6.07, 6.45) is 1.84. The van der Waals surface area contributed by atoms with E-state index in [2.05, 4.69) is 23.2 Å². The highest BCUT2D eigenvalue weighted by atomic mass is 16.1. The van der Waals surface area contributed by atoms with Crippen molar-refractivity contribution in [1.29, 1.82) is 5.26 Å². The molecule has 1 saturated heterocycles. The first kappa shape index (κ1) is 13.9. The number of nitriles is 1. The summed E-state index contributed by atoms with van der Waals surface area (Å²) in [5.74, 6) is -0.286. The second-order valence-electron chi connectivity index (χ2n) is 4.72. The molecule has 0 aromatic rings. The number of likely N-dealkylation sites (N-methyl/N-ethyl adjacent to an activating group) is 1. The number of likely N-dealkylation sites (tertiary alicyclic amines) is 1. The molecule has 1 fully saturated rings. The maximum atomic E-state index is 11.2. The monoisotopic (exact) mass is 238 g/mol. The van der Waals surface area contributed by atoms with Gasteiger partial charge in [-0.3, -0.25) is 9.69 Å². The molecule has 5 nitrogen and oxygen atoms in total. The van der Waals surface area contributed by atoms with Crippen LogP contribution in [0.25, 0.3) is 0 Å². The minimum atomic E-state index is -0.223. The largest absolute Gasteiger partial charge is 0.369 e. The average molecular weight is 238 g/mol. The summed E-state index contributed by atoms with van der Waals surface area (Å²) in [4.78, 5) is 13.4. The van der Waals surface area contributed by atoms with E-state index in [-0.39, 0.29) is 17.9 Å². The van der Waals surface area contributed by atoms with Gasteiger partial charge < -0.3 is 11.1 Å². The quantitative estimate of drug-likeness (QED) is 0.710. The van der Waals surface area contributed by atoms with Crippen LogP contribution >= 0.6 is 0 Å². The third kappa shape index (κ3) is 3.99. The van der Waals surface area contributed by atoms with Crippen LogP contribution in [-0.4, -0.2) is 42.5 Å². The predicted octanol–water partition coefficient (Wildman–Crippen LogP) is 0.0739. The van der Waals surface area contributed by atoms with E-state index in [1.165, 1.54) is 0 Å². The Morgan fingerprint density at radius 3 is 2.88 bits per heavy atom. The fourth-order valence-electron chi connectivity index (χ4n) is 2.30. The number of carbonyl (C=O) groups excluding carboxylic acids is 1. The van der Waals surface area contributed by atoms with Gasteiger partial charge in [0.05, 0.1) is 12.0 Å². The standard InChI is InChI=1S/C12H22N4O/c1-3-15-11(6-13)8-16-7-10(12(14)17)5-4-9(16)2/h9-11,15H,3-5,7-8H2,1-2H3,(H2,14,17). The third-order valence-electron chi connectivity index (χ3n) is 3.44. The smallest absolute Gasteiger partial charge is 0.221 e. The second kappa shape index (κ2) is 6.58. The molecular weight excluding hydrogens is 216 g/mol. The molecule has 1 aliphatic heterocycles. The van der Waals surface area contributed by atoms with Gasteiger partial charge in [-0.15, -0.1) is 0 Å². The van der Waals surface area contributed by atoms with E-state index >= 15 is 0 Å². The van der Waals surface area contributed by atoms with Crippen LogP contribution in [0.3, 0.4) is 0 Å². The Kier molecular flexibility index (Phi) is 5.39. The Hall–Kier alpha value is -1.12. The Bertz CT molecular complexity index is 299. The molecule has 3 atom stereocenters. The molecule has 0 aromatic carbocycles. The summed E-state index contributed by atoms with van der Waals surface area (Å²) >= 11 is 0. The van der Waals surface area contributed by atoms with Crippen LogP contribution in [0.4, 0.5) is 0 Å². The summed E-state index contributed by atoms with van der Waals surface area (Å²) in [6, 6.07) is 2.49. The Labute approximate surface area is 103 Å². The van der Waals surface area contributed by atoms with Gasteiger partial charge in [-0.25, -0.2) is 0 Å². The van der Waals surface area contributed by atoms with E-state index in [9.17, 15) is 4.79 Å². The first-order valence-electron chi connectivity index (χ1n) is 6.24. The third-order valence-corrected chi connectivity index (χ3v) is 3.44. The number of rotatable bonds is 5. The van der Waals surface area contributed by atoms with Gasteiger partial charge in [-0.05, 0) is 26.3 Å². The van der Waals surface area contributed by atoms with Gasteiger partial charge in [0.1, 0.15) is 6.04 Å². The van der Waals surface area contributed by atoms with Crippen molar-refractivity contribution in [2.45, 2.75) is 38.8 Å². The number of nitrogens with two attached hydrogens (primary N) is 1. The van der Waals surface area contributed by atoms with Gasteiger partial charge in [0.2, 0.25) is 5.91 Å². The molecule has 0 aromatic heterocycles. The van der Waals surface area contributed by atoms with Gasteiger partial charge in [-0.2, -0.15) is 5.26 Å². The van der Waals surface area contributed by atoms with Crippen LogP contribution in [0.5, 0.6) is 0 Å². The first-order valence-corrected chi connectivity index (χ1v) is 6.24. The van der Waals surface area contributed by atoms with Gasteiger partial charge in [0.15, 0.2) is 0 Å². The second-order valence-corrected chi connectivity index (χ2v) is 4.72. The maximum absolute atomic E-state index is 11.2. The molecule has 1 heterocycles. The van der Waals surface area contributed by atoms with Crippen LogP contribution in [0, 0.1) is 17.2 Å². The summed E-state index contributed by atoms with van der Waals surface area (Å²) in [5.41, 5.74) is 5.35. The number of carbonyl (C=O) groups is 1. The Balaban J connectivity index is 2.55. The number of piperidine rings is 1. The molecule has 0 aliphatic carbocycles. The summed E-state index contributed by atoms with van der Waals surface area (Å²) in [5, 5.41) is 12.1. The van der Waals surface area contributed by atoms with Crippen molar-refractivity contribution in [3.63, 3.8) is 0 Å². The first-order chi connectivity index (χ1) is 8.08. The van der Waals surface area contributed by atoms with Crippen molar-refractivity contribution in [3.8, 4) is 6.07 Å². The molecule has 96 valence electrons. The van der Waals surface area contributed by atoms with Crippen molar-refractivity contribution < 1.29 is 4.79 Å². The lowest BCUT2D eigenvalue weighted by molar-refractivity contribution is -0.124. The van der Waals surface area contributed by atoms with E-state index in [0.717, 1.165) is 19.4 Å². The van der Waals surface area contributed by atoms with Crippen LogP contribution in [-0.2, 0) is 4.79 Å². The van der Waals surface area contributed by atoms with Crippen molar-refractivity contribution in [2.75, 3.05) is 19.6 Å². The van der Waals surface area contributed by atoms with Crippen LogP contribution in [0.15, 0.2) is 0 Å². The van der Waals surface area contributed by atoms with Crippen LogP contribution < -0.4 is 11.1 Å². The molecule has 3 N–H and O–H groups in total. The fourth-order valence-corrected chi connectivity index (χ4v) is 2.30. The molecule has 1 amide bonds. The van der Waals surface area contributed by atoms with Crippen molar-refractivity contribution >= 4 is 5.91 Å². The van der Waals surface area contributed by atoms with E-state index in [4.69, 9.17) is 11.0 Å². The van der Waals surface area contributed by atoms with E-state index in [1.54, 1.807) is 0 Å². The predicted molar refractivity (Wildman–Crippen MR) is 66.0 cm³/mol. The highest BCUT2D eigenvalue weighted by molar-refractivity contribution is 5.76. The average Bonchev–Trinajstić information content (AvgIpc) is 2.30. The highest BCUT2D eigenvalue weighted by Crippen LogP contribution is 2.21. The molecular formula is C12H22N4O. The number of nitrogens with one attached hydrogen (secondary N) is 1. The molecule has 3 unspecified atom stereocenters. The number of nitrogens with zero attached hydrogens (tertiary/aromatic N) is 2. The van der Waals surface area contributed by atoms with Crippen LogP contribution in [0.1, 0.15) is 26.7 Å². The molecule has 0 saturated carbocycles. The molecule has 1 rings (SSSR count). The maximum Gasteiger partial charge on any atom is 0.221 e. The highest BCUT2D eigenvalue weighted by Gasteiger charge is 2.29. The van der Waals surface area contributed by atoms with Crippen molar-refractivity contribution in [1.82, 2.24) is 10.2 Å². The van der Waals surface area contributed by atoms with Gasteiger partial charge in [-0.1, -0.05) is 6.92 Å². The van der Waals surface area contributed by atoms with Crippen molar-refractivity contribution in [3.05, 3.63) is 0 Å². The summed E-state index contributed by atoms with van der Waals surface area (Å²) < 4.78 is 0. The van der Waals surface area contributed by atoms with E-state index in [0.29, 0.717) is 19.1 Å². The Morgan fingerprint density at radius 1 is 1.65 bits per heavy atom. The number of hydrogen-bond acceptors (Lipinski definition) is 4. The van der Waals surface area contributed by atoms with Crippen molar-refractivity contribution in [2.24, 2.45) is 11.7 Å². The molecule has 1 aliphatic rings. The van der Waals surface area contributed by atoms with E-state index in [1.807, 2.05) is 6.92 Å². The zero-order valence-corrected chi connectivity index (χ0v) is 10.6. The van der Waals surface area contributed by atoms with Gasteiger partial charge >= 0.3 is 0 Å². The summed E-state index contributed by atoms with van der Waals surface area (Å²) in [6.45, 7) is 6.24. The zero-order valence-electron chi connectivity index (χ0n) is 10.6. The molecule has 0 spiro atoms. The minimum Gasteiger partial charge on any atom is -0.369 e. The summed E-state index contributed by atoms with van der Waals surface area (Å²) in [7, 11) is 0. The normalized spacial score (nSPS) is 27.4. The minimum absolute atomic E-state index is 0.0628. The van der Waals surface area contributed by atoms with Crippen LogP contribution in [0.2, 0.25) is 0 Å². The topological polar surface area (TPSA) is 82.2 Å². The Morgan fingerprint density at radius 2 is 2.35 bits per heavy atom. The van der Waals surface area contributed by atoms with E-state index < -0.39 is 0 Å². The number of hydrogen-bond donors (Lipinski definition) is 2. The number of primary amides is 1. The molecule has 0 radical (unpaired) electrons. The molecule has 17 heavy (non-hydrogen) atoms. The zero-order chi connectivity index (χ0) is 12.8. The lowest BCUT2D eigenvalue weighted by Gasteiger charge is -2.37. The van der Waals surface area contributed by atoms with Gasteiger partial charge in [0, 0.05) is 19.1 Å². The fraction of sp³-hybridized carbons (Fsp3) is 0.833. The lowest BCUT2D eigenvalue weighted by Crippen LogP contribution is -2.50. The number of amides is 1. The van der Waals surface area contributed by atoms with Gasteiger partial charge in [0.25, 0.3) is 0 Å².